The molecule has 1 aromatic carbocycles. The van der Waals surface area contributed by atoms with Gasteiger partial charge in [0.25, 0.3) is 0 Å². The van der Waals surface area contributed by atoms with Gasteiger partial charge >= 0.3 is 5.97 Å². The Kier molecular flexibility index (Phi) is 5.66. The monoisotopic (exact) mass is 300 g/mol. The van der Waals surface area contributed by atoms with Crippen LogP contribution in [0.2, 0.25) is 0 Å². The number of carbonyl (C=O) groups is 2. The molecule has 0 saturated heterocycles. The summed E-state index contributed by atoms with van der Waals surface area (Å²) in [6.45, 7) is 2.24. The van der Waals surface area contributed by atoms with Crippen LogP contribution in [0.4, 0.5) is 0 Å². The largest absolute Gasteiger partial charge is 0.478 e. The number of amides is 1. The van der Waals surface area contributed by atoms with Crippen molar-refractivity contribution in [2.75, 3.05) is 13.1 Å². The van der Waals surface area contributed by atoms with E-state index >= 15 is 0 Å². The molecule has 0 spiro atoms. The highest BCUT2D eigenvalue weighted by Crippen LogP contribution is 2.10. The Balaban J connectivity index is 2.64. The zero-order valence-corrected chi connectivity index (χ0v) is 11.7. The summed E-state index contributed by atoms with van der Waals surface area (Å²) in [5.74, 6) is -1.37. The van der Waals surface area contributed by atoms with E-state index in [1.165, 1.54) is 24.3 Å². The van der Waals surface area contributed by atoms with Crippen LogP contribution < -0.4 is 10.0 Å². The van der Waals surface area contributed by atoms with Gasteiger partial charge in [0.2, 0.25) is 15.9 Å². The zero-order valence-electron chi connectivity index (χ0n) is 10.9. The van der Waals surface area contributed by atoms with Gasteiger partial charge in [0.1, 0.15) is 0 Å². The van der Waals surface area contributed by atoms with E-state index in [2.05, 4.69) is 10.0 Å². The second kappa shape index (κ2) is 7.01. The predicted molar refractivity (Wildman–Crippen MR) is 71.9 cm³/mol. The Morgan fingerprint density at radius 1 is 1.20 bits per heavy atom. The van der Waals surface area contributed by atoms with Crippen LogP contribution in [0.3, 0.4) is 0 Å². The molecule has 3 N–H and O–H groups in total. The Labute approximate surface area is 117 Å². The number of nitrogens with one attached hydrogen (secondary N) is 2. The minimum atomic E-state index is -3.74. The van der Waals surface area contributed by atoms with Gasteiger partial charge in [-0.05, 0) is 31.2 Å². The van der Waals surface area contributed by atoms with E-state index < -0.39 is 16.0 Å². The highest BCUT2D eigenvalue weighted by Gasteiger charge is 2.14. The molecule has 0 aliphatic carbocycles. The summed E-state index contributed by atoms with van der Waals surface area (Å²) in [6, 6.07) is 4.83. The summed E-state index contributed by atoms with van der Waals surface area (Å²) in [5, 5.41) is 11.3. The van der Waals surface area contributed by atoms with Crippen molar-refractivity contribution in [1.82, 2.24) is 10.0 Å². The van der Waals surface area contributed by atoms with Crippen LogP contribution in [0, 0.1) is 0 Å². The van der Waals surface area contributed by atoms with Gasteiger partial charge in [-0.1, -0.05) is 0 Å². The van der Waals surface area contributed by atoms with Gasteiger partial charge in [0.05, 0.1) is 10.5 Å². The average molecular weight is 300 g/mol. The summed E-state index contributed by atoms with van der Waals surface area (Å²) >= 11 is 0. The molecule has 1 amide bonds. The SMILES string of the molecule is CCNC(=O)CCNS(=O)(=O)c1ccc(C(=O)O)cc1. The van der Waals surface area contributed by atoms with Crippen LogP contribution in [-0.4, -0.2) is 38.5 Å². The van der Waals surface area contributed by atoms with Crippen molar-refractivity contribution in [2.24, 2.45) is 0 Å². The molecule has 0 saturated carbocycles. The summed E-state index contributed by atoms with van der Waals surface area (Å²) < 4.78 is 26.0. The number of aromatic carboxylic acids is 1. The maximum atomic E-state index is 11.9. The van der Waals surface area contributed by atoms with Gasteiger partial charge < -0.3 is 10.4 Å². The van der Waals surface area contributed by atoms with E-state index in [1.807, 2.05) is 0 Å². The molecule has 8 heteroatoms. The topological polar surface area (TPSA) is 113 Å². The number of rotatable bonds is 7. The van der Waals surface area contributed by atoms with Gasteiger partial charge in [-0.2, -0.15) is 0 Å². The van der Waals surface area contributed by atoms with Gasteiger partial charge in [-0.15, -0.1) is 0 Å². The standard InChI is InChI=1S/C12H16N2O5S/c1-2-13-11(15)7-8-14-20(18,19)10-5-3-9(4-6-10)12(16)17/h3-6,14H,2,7-8H2,1H3,(H,13,15)(H,16,17). The molecule has 1 aromatic rings. The lowest BCUT2D eigenvalue weighted by molar-refractivity contribution is -0.120. The van der Waals surface area contributed by atoms with Crippen molar-refractivity contribution in [3.63, 3.8) is 0 Å². The fraction of sp³-hybridized carbons (Fsp3) is 0.333. The Bertz CT molecular complexity index is 580. The van der Waals surface area contributed by atoms with Crippen molar-refractivity contribution in [2.45, 2.75) is 18.2 Å². The normalized spacial score (nSPS) is 11.1. The molecule has 1 rings (SSSR count). The van der Waals surface area contributed by atoms with Crippen LogP contribution in [-0.2, 0) is 14.8 Å². The predicted octanol–water partition coefficient (Wildman–Crippen LogP) is 0.189. The van der Waals surface area contributed by atoms with Crippen LogP contribution in [0.5, 0.6) is 0 Å². The molecule has 0 aliphatic rings. The fourth-order valence-corrected chi connectivity index (χ4v) is 2.48. The van der Waals surface area contributed by atoms with Gasteiger partial charge in [0, 0.05) is 19.5 Å². The Morgan fingerprint density at radius 2 is 1.80 bits per heavy atom. The van der Waals surface area contributed by atoms with E-state index in [4.69, 9.17) is 5.11 Å². The fourth-order valence-electron chi connectivity index (χ4n) is 1.44. The van der Waals surface area contributed by atoms with E-state index in [-0.39, 0.29) is 29.3 Å². The first-order chi connectivity index (χ1) is 9.36. The molecule has 0 unspecified atom stereocenters. The summed E-state index contributed by atoms with van der Waals surface area (Å²) in [5.41, 5.74) is 0.00581. The van der Waals surface area contributed by atoms with Gasteiger partial charge in [0.15, 0.2) is 0 Å². The third kappa shape index (κ3) is 4.63. The van der Waals surface area contributed by atoms with E-state index in [0.717, 1.165) is 0 Å². The van der Waals surface area contributed by atoms with Crippen LogP contribution in [0.1, 0.15) is 23.7 Å². The lowest BCUT2D eigenvalue weighted by atomic mass is 10.2. The smallest absolute Gasteiger partial charge is 0.335 e. The van der Waals surface area contributed by atoms with Crippen molar-refractivity contribution >= 4 is 21.9 Å². The van der Waals surface area contributed by atoms with Gasteiger partial charge in [-0.3, -0.25) is 4.79 Å². The van der Waals surface area contributed by atoms with E-state index in [0.29, 0.717) is 6.54 Å². The number of hydrogen-bond donors (Lipinski definition) is 3. The van der Waals surface area contributed by atoms with Crippen molar-refractivity contribution in [3.05, 3.63) is 29.8 Å². The third-order valence-electron chi connectivity index (χ3n) is 2.43. The number of sulfonamides is 1. The summed E-state index contributed by atoms with van der Waals surface area (Å²) in [6.07, 6.45) is 0.0419. The molecule has 20 heavy (non-hydrogen) atoms. The van der Waals surface area contributed by atoms with Gasteiger partial charge in [-0.25, -0.2) is 17.9 Å². The number of carboxylic acid groups (broad SMARTS) is 1. The Morgan fingerprint density at radius 3 is 2.30 bits per heavy atom. The van der Waals surface area contributed by atoms with Crippen LogP contribution in [0.15, 0.2) is 29.2 Å². The molecule has 0 fully saturated rings. The van der Waals surface area contributed by atoms with Crippen molar-refractivity contribution in [3.8, 4) is 0 Å². The molecule has 0 bridgehead atoms. The maximum Gasteiger partial charge on any atom is 0.335 e. The molecular formula is C12H16N2O5S. The Hall–Kier alpha value is -1.93. The molecule has 0 aromatic heterocycles. The molecule has 7 nitrogen and oxygen atoms in total. The second-order valence-electron chi connectivity index (χ2n) is 3.93. The van der Waals surface area contributed by atoms with E-state index in [9.17, 15) is 18.0 Å². The quantitative estimate of drug-likeness (QED) is 0.665. The maximum absolute atomic E-state index is 11.9. The number of hydrogen-bond acceptors (Lipinski definition) is 4. The average Bonchev–Trinajstić information content (AvgIpc) is 2.39. The molecule has 0 radical (unpaired) electrons. The zero-order chi connectivity index (χ0) is 15.2. The van der Waals surface area contributed by atoms with Crippen LogP contribution in [0.25, 0.3) is 0 Å². The molecule has 0 aliphatic heterocycles. The number of carbonyl (C=O) groups excluding carboxylic acids is 1. The molecule has 110 valence electrons. The van der Waals surface area contributed by atoms with Crippen LogP contribution >= 0.6 is 0 Å². The highest BCUT2D eigenvalue weighted by molar-refractivity contribution is 7.89. The summed E-state index contributed by atoms with van der Waals surface area (Å²) in [7, 11) is -3.74. The first-order valence-electron chi connectivity index (χ1n) is 5.96. The third-order valence-corrected chi connectivity index (χ3v) is 3.91. The number of benzene rings is 1. The van der Waals surface area contributed by atoms with Crippen molar-refractivity contribution in [1.29, 1.82) is 0 Å². The minimum Gasteiger partial charge on any atom is -0.478 e. The van der Waals surface area contributed by atoms with E-state index in [1.54, 1.807) is 6.92 Å². The highest BCUT2D eigenvalue weighted by atomic mass is 32.2. The first kappa shape index (κ1) is 16.1. The molecule has 0 heterocycles. The number of carboxylic acids is 1. The lowest BCUT2D eigenvalue weighted by Crippen LogP contribution is -2.30. The first-order valence-corrected chi connectivity index (χ1v) is 7.45. The molecule has 0 atom stereocenters. The van der Waals surface area contributed by atoms with Crippen molar-refractivity contribution < 1.29 is 23.1 Å². The lowest BCUT2D eigenvalue weighted by Gasteiger charge is -2.07. The molecular weight excluding hydrogens is 284 g/mol. The second-order valence-corrected chi connectivity index (χ2v) is 5.70. The minimum absolute atomic E-state index is 0.00581. The summed E-state index contributed by atoms with van der Waals surface area (Å²) in [4.78, 5) is 21.8.